The van der Waals surface area contributed by atoms with Crippen molar-refractivity contribution in [3.05, 3.63) is 47.6 Å². The van der Waals surface area contributed by atoms with Crippen molar-refractivity contribution < 1.29 is 10.2 Å². The third-order valence-corrected chi connectivity index (χ3v) is 4.65. The van der Waals surface area contributed by atoms with Crippen LogP contribution in [0.4, 0.5) is 0 Å². The Morgan fingerprint density at radius 1 is 1.23 bits per heavy atom. The quantitative estimate of drug-likeness (QED) is 0.541. The molecule has 0 aliphatic heterocycles. The zero-order chi connectivity index (χ0) is 16.1. The van der Waals surface area contributed by atoms with E-state index in [1.54, 1.807) is 0 Å². The van der Waals surface area contributed by atoms with Crippen LogP contribution in [0, 0.1) is 5.92 Å². The van der Waals surface area contributed by atoms with E-state index in [0.29, 0.717) is 5.56 Å². The zero-order valence-corrected chi connectivity index (χ0v) is 13.8. The minimum absolute atomic E-state index is 0.0240. The van der Waals surface area contributed by atoms with Crippen LogP contribution >= 0.6 is 0 Å². The molecule has 0 amide bonds. The zero-order valence-electron chi connectivity index (χ0n) is 13.8. The van der Waals surface area contributed by atoms with Gasteiger partial charge in [-0.15, -0.1) is 0 Å². The minimum atomic E-state index is 0.0240. The Balaban J connectivity index is 2.28. The van der Waals surface area contributed by atoms with Gasteiger partial charge in [0, 0.05) is 11.5 Å². The molecule has 0 spiro atoms. The number of allylic oxidation sites excluding steroid dienone is 3. The number of rotatable bonds is 6. The number of hydrogen-bond acceptors (Lipinski definition) is 2. The molecule has 2 heteroatoms. The normalized spacial score (nSPS) is 21.0. The van der Waals surface area contributed by atoms with Crippen LogP contribution in [-0.4, -0.2) is 10.2 Å². The van der Waals surface area contributed by atoms with Gasteiger partial charge in [-0.1, -0.05) is 44.1 Å². The van der Waals surface area contributed by atoms with E-state index in [4.69, 9.17) is 0 Å². The third-order valence-electron chi connectivity index (χ3n) is 4.65. The van der Waals surface area contributed by atoms with Gasteiger partial charge in [0.25, 0.3) is 0 Å². The number of unbranched alkanes of at least 4 members (excludes halogenated alkanes) is 2. The molecule has 2 atom stereocenters. The van der Waals surface area contributed by atoms with Gasteiger partial charge in [-0.05, 0) is 56.2 Å². The molecule has 120 valence electrons. The van der Waals surface area contributed by atoms with Crippen LogP contribution in [0.1, 0.15) is 63.0 Å². The highest BCUT2D eigenvalue weighted by atomic mass is 16.3. The van der Waals surface area contributed by atoms with Gasteiger partial charge in [-0.3, -0.25) is 0 Å². The maximum atomic E-state index is 10.5. The Bertz CT molecular complexity index is 534. The molecule has 0 saturated carbocycles. The Hall–Kier alpha value is -1.70. The summed E-state index contributed by atoms with van der Waals surface area (Å²) < 4.78 is 0. The maximum absolute atomic E-state index is 10.5. The van der Waals surface area contributed by atoms with E-state index in [9.17, 15) is 10.2 Å². The summed E-state index contributed by atoms with van der Waals surface area (Å²) in [5, 5.41) is 20.9. The fourth-order valence-electron chi connectivity index (χ4n) is 3.43. The monoisotopic (exact) mass is 300 g/mol. The molecule has 22 heavy (non-hydrogen) atoms. The molecular formula is C20H28O2. The molecule has 1 aliphatic carbocycles. The number of aryl methyl sites for hydroxylation is 1. The lowest BCUT2D eigenvalue weighted by atomic mass is 9.75. The SMILES string of the molecule is C=C(C)[C@@H]1CCC=C[C@H]1c1c(O)cc(CCCCC)cc1O. The van der Waals surface area contributed by atoms with Crippen molar-refractivity contribution in [1.29, 1.82) is 0 Å². The van der Waals surface area contributed by atoms with Crippen LogP contribution in [0.3, 0.4) is 0 Å². The lowest BCUT2D eigenvalue weighted by molar-refractivity contribution is 0.408. The van der Waals surface area contributed by atoms with E-state index in [1.165, 1.54) is 12.8 Å². The summed E-state index contributed by atoms with van der Waals surface area (Å²) in [6.07, 6.45) is 10.6. The van der Waals surface area contributed by atoms with E-state index in [0.717, 1.165) is 36.8 Å². The first kappa shape index (κ1) is 16.7. The van der Waals surface area contributed by atoms with Gasteiger partial charge in [-0.2, -0.15) is 0 Å². The van der Waals surface area contributed by atoms with Crippen LogP contribution < -0.4 is 0 Å². The van der Waals surface area contributed by atoms with E-state index in [2.05, 4.69) is 25.7 Å². The van der Waals surface area contributed by atoms with Crippen LogP contribution in [0.2, 0.25) is 0 Å². The van der Waals surface area contributed by atoms with Gasteiger partial charge in [-0.25, -0.2) is 0 Å². The average molecular weight is 300 g/mol. The van der Waals surface area contributed by atoms with Crippen molar-refractivity contribution in [1.82, 2.24) is 0 Å². The summed E-state index contributed by atoms with van der Waals surface area (Å²) in [7, 11) is 0. The molecule has 1 aromatic rings. The summed E-state index contributed by atoms with van der Waals surface area (Å²) in [6.45, 7) is 8.29. The second kappa shape index (κ2) is 7.53. The molecular weight excluding hydrogens is 272 g/mol. The van der Waals surface area contributed by atoms with Crippen LogP contribution in [0.5, 0.6) is 11.5 Å². The van der Waals surface area contributed by atoms with Gasteiger partial charge in [0.15, 0.2) is 0 Å². The van der Waals surface area contributed by atoms with Crippen molar-refractivity contribution in [2.24, 2.45) is 5.92 Å². The number of benzene rings is 1. The number of phenols is 2. The number of aromatic hydroxyl groups is 2. The predicted molar refractivity (Wildman–Crippen MR) is 92.4 cm³/mol. The van der Waals surface area contributed by atoms with Crippen molar-refractivity contribution in [2.75, 3.05) is 0 Å². The summed E-state index contributed by atoms with van der Waals surface area (Å²) >= 11 is 0. The highest BCUT2D eigenvalue weighted by Gasteiger charge is 2.28. The molecule has 0 fully saturated rings. The molecule has 1 aromatic carbocycles. The van der Waals surface area contributed by atoms with Crippen molar-refractivity contribution in [2.45, 2.75) is 58.3 Å². The Kier molecular flexibility index (Phi) is 5.70. The second-order valence-corrected chi connectivity index (χ2v) is 6.49. The summed E-state index contributed by atoms with van der Waals surface area (Å²) in [5.74, 6) is 0.743. The number of phenolic OH excluding ortho intramolecular Hbond substituents is 2. The van der Waals surface area contributed by atoms with Gasteiger partial charge in [0.05, 0.1) is 0 Å². The maximum Gasteiger partial charge on any atom is 0.123 e. The fourth-order valence-corrected chi connectivity index (χ4v) is 3.43. The van der Waals surface area contributed by atoms with Gasteiger partial charge in [0.1, 0.15) is 11.5 Å². The van der Waals surface area contributed by atoms with Crippen LogP contribution in [0.25, 0.3) is 0 Å². The van der Waals surface area contributed by atoms with Crippen molar-refractivity contribution in [3.63, 3.8) is 0 Å². The Morgan fingerprint density at radius 3 is 2.50 bits per heavy atom. The molecule has 0 unspecified atom stereocenters. The fraction of sp³-hybridized carbons (Fsp3) is 0.500. The first-order chi connectivity index (χ1) is 10.5. The first-order valence-electron chi connectivity index (χ1n) is 8.41. The van der Waals surface area contributed by atoms with Gasteiger partial charge >= 0.3 is 0 Å². The first-order valence-corrected chi connectivity index (χ1v) is 8.41. The van der Waals surface area contributed by atoms with E-state index in [-0.39, 0.29) is 23.3 Å². The van der Waals surface area contributed by atoms with Crippen molar-refractivity contribution in [3.8, 4) is 11.5 Å². The Morgan fingerprint density at radius 2 is 1.91 bits per heavy atom. The molecule has 2 rings (SSSR count). The molecule has 2 N–H and O–H groups in total. The Labute approximate surface area is 134 Å². The summed E-state index contributed by atoms with van der Waals surface area (Å²) in [5.41, 5.74) is 2.78. The molecule has 0 saturated heterocycles. The summed E-state index contributed by atoms with van der Waals surface area (Å²) in [6, 6.07) is 3.64. The standard InChI is InChI=1S/C20H28O2/c1-4-5-6-9-15-12-18(21)20(19(22)13-15)17-11-8-7-10-16(17)14(2)3/h8,11-13,16-17,21-22H,2,4-7,9-10H2,1,3H3/t16-,17+/m0/s1. The minimum Gasteiger partial charge on any atom is -0.507 e. The van der Waals surface area contributed by atoms with Gasteiger partial charge < -0.3 is 10.2 Å². The molecule has 0 radical (unpaired) electrons. The summed E-state index contributed by atoms with van der Waals surface area (Å²) in [4.78, 5) is 0. The van der Waals surface area contributed by atoms with Crippen LogP contribution in [0.15, 0.2) is 36.4 Å². The average Bonchev–Trinajstić information content (AvgIpc) is 2.47. The lowest BCUT2D eigenvalue weighted by Crippen LogP contribution is -2.15. The van der Waals surface area contributed by atoms with E-state index < -0.39 is 0 Å². The topological polar surface area (TPSA) is 40.5 Å². The molecule has 1 aliphatic rings. The molecule has 0 aromatic heterocycles. The van der Waals surface area contributed by atoms with Crippen LogP contribution in [-0.2, 0) is 6.42 Å². The second-order valence-electron chi connectivity index (χ2n) is 6.49. The highest BCUT2D eigenvalue weighted by molar-refractivity contribution is 5.51. The third kappa shape index (κ3) is 3.73. The molecule has 2 nitrogen and oxygen atoms in total. The molecule has 0 heterocycles. The highest BCUT2D eigenvalue weighted by Crippen LogP contribution is 2.45. The van der Waals surface area contributed by atoms with E-state index >= 15 is 0 Å². The lowest BCUT2D eigenvalue weighted by Gasteiger charge is -2.29. The largest absolute Gasteiger partial charge is 0.507 e. The molecule has 0 bridgehead atoms. The van der Waals surface area contributed by atoms with Crippen molar-refractivity contribution >= 4 is 0 Å². The predicted octanol–water partition coefficient (Wildman–Crippen LogP) is 5.46. The number of hydrogen-bond donors (Lipinski definition) is 2. The van der Waals surface area contributed by atoms with E-state index in [1.807, 2.05) is 19.1 Å². The smallest absolute Gasteiger partial charge is 0.123 e. The van der Waals surface area contributed by atoms with Gasteiger partial charge in [0.2, 0.25) is 0 Å².